The molecule has 0 saturated carbocycles. The van der Waals surface area contributed by atoms with Gasteiger partial charge in [-0.15, -0.1) is 6.58 Å². The molecule has 2 aliphatic rings. The van der Waals surface area contributed by atoms with E-state index in [4.69, 9.17) is 4.99 Å². The molecule has 3 aromatic carbocycles. The monoisotopic (exact) mass is 481 g/mol. The fourth-order valence-electron chi connectivity index (χ4n) is 3.74. The molecular formula is C28H23N3OS2. The van der Waals surface area contributed by atoms with E-state index in [0.717, 1.165) is 32.4 Å². The summed E-state index contributed by atoms with van der Waals surface area (Å²) in [4.78, 5) is 23.8. The predicted molar refractivity (Wildman–Crippen MR) is 146 cm³/mol. The summed E-state index contributed by atoms with van der Waals surface area (Å²) in [5.74, 6) is -0.0341. The van der Waals surface area contributed by atoms with Gasteiger partial charge in [-0.05, 0) is 47.2 Å². The maximum Gasteiger partial charge on any atom is 0.269 e. The molecule has 0 aromatic heterocycles. The van der Waals surface area contributed by atoms with Crippen molar-refractivity contribution in [2.75, 3.05) is 18.5 Å². The van der Waals surface area contributed by atoms with Gasteiger partial charge in [0.15, 0.2) is 5.17 Å². The number of amidine groups is 1. The quantitative estimate of drug-likeness (QED) is 0.223. The average molecular weight is 482 g/mol. The number of benzene rings is 3. The van der Waals surface area contributed by atoms with E-state index in [9.17, 15) is 4.79 Å². The van der Waals surface area contributed by atoms with Crippen molar-refractivity contribution in [1.29, 1.82) is 0 Å². The minimum atomic E-state index is -0.0341. The topological polar surface area (TPSA) is 35.9 Å². The minimum absolute atomic E-state index is 0.0341. The van der Waals surface area contributed by atoms with Gasteiger partial charge >= 0.3 is 0 Å². The lowest BCUT2D eigenvalue weighted by atomic mass is 10.1. The molecular weight excluding hydrogens is 458 g/mol. The Balaban J connectivity index is 1.40. The lowest BCUT2D eigenvalue weighted by Crippen LogP contribution is -2.29. The summed E-state index contributed by atoms with van der Waals surface area (Å²) in [5.41, 5.74) is 4.17. The molecule has 34 heavy (non-hydrogen) atoms. The van der Waals surface area contributed by atoms with Gasteiger partial charge in [-0.3, -0.25) is 9.69 Å². The molecule has 0 unspecified atom stereocenters. The second kappa shape index (κ2) is 9.79. The molecule has 0 bridgehead atoms. The minimum Gasteiger partial charge on any atom is -0.337 e. The maximum atomic E-state index is 13.3. The number of anilines is 1. The number of amides is 1. The molecule has 0 radical (unpaired) electrons. The zero-order valence-electron chi connectivity index (χ0n) is 18.7. The van der Waals surface area contributed by atoms with Gasteiger partial charge < -0.3 is 4.90 Å². The number of nitrogens with zero attached hydrogens (tertiary/aromatic N) is 3. The molecule has 0 atom stereocenters. The maximum absolute atomic E-state index is 13.3. The number of thioether (sulfide) groups is 2. The van der Waals surface area contributed by atoms with E-state index in [1.165, 1.54) is 11.8 Å². The van der Waals surface area contributed by atoms with Crippen LogP contribution in [-0.2, 0) is 4.79 Å². The highest BCUT2D eigenvalue weighted by molar-refractivity contribution is 8.19. The van der Waals surface area contributed by atoms with E-state index in [-0.39, 0.29) is 5.91 Å². The highest BCUT2D eigenvalue weighted by atomic mass is 32.2. The smallest absolute Gasteiger partial charge is 0.269 e. The van der Waals surface area contributed by atoms with E-state index in [1.54, 1.807) is 22.7 Å². The predicted octanol–water partition coefficient (Wildman–Crippen LogP) is 7.02. The Hall–Kier alpha value is -3.48. The van der Waals surface area contributed by atoms with Crippen molar-refractivity contribution in [3.05, 3.63) is 113 Å². The molecule has 4 nitrogen and oxygen atoms in total. The lowest BCUT2D eigenvalue weighted by Gasteiger charge is -2.15. The number of aliphatic imine (C=N–C) groups is 1. The van der Waals surface area contributed by atoms with Crippen LogP contribution >= 0.6 is 23.5 Å². The van der Waals surface area contributed by atoms with Crippen LogP contribution in [0.3, 0.4) is 0 Å². The van der Waals surface area contributed by atoms with Crippen LogP contribution in [0.4, 0.5) is 11.4 Å². The number of carbonyl (C=O) groups excluding carboxylic acids is 1. The third-order valence-corrected chi connectivity index (χ3v) is 7.93. The highest BCUT2D eigenvalue weighted by Crippen LogP contribution is 2.49. The van der Waals surface area contributed by atoms with Crippen molar-refractivity contribution in [2.45, 2.75) is 4.90 Å². The average Bonchev–Trinajstić information content (AvgIpc) is 3.36. The Bertz CT molecular complexity index is 1330. The van der Waals surface area contributed by atoms with Crippen LogP contribution in [0, 0.1) is 0 Å². The van der Waals surface area contributed by atoms with Crippen LogP contribution in [0.15, 0.2) is 111 Å². The van der Waals surface area contributed by atoms with Crippen molar-refractivity contribution in [3.63, 3.8) is 0 Å². The van der Waals surface area contributed by atoms with Crippen molar-refractivity contribution in [2.24, 2.45) is 4.99 Å². The van der Waals surface area contributed by atoms with Gasteiger partial charge in [-0.2, -0.15) is 0 Å². The van der Waals surface area contributed by atoms with Crippen molar-refractivity contribution < 1.29 is 4.79 Å². The van der Waals surface area contributed by atoms with Crippen LogP contribution in [-0.4, -0.2) is 29.6 Å². The molecule has 1 saturated heterocycles. The largest absolute Gasteiger partial charge is 0.337 e. The van der Waals surface area contributed by atoms with Crippen molar-refractivity contribution in [1.82, 2.24) is 4.90 Å². The van der Waals surface area contributed by atoms with Gasteiger partial charge in [0, 0.05) is 18.5 Å². The summed E-state index contributed by atoms with van der Waals surface area (Å²) in [6, 6.07) is 26.4. The van der Waals surface area contributed by atoms with Crippen molar-refractivity contribution >= 4 is 58.1 Å². The molecule has 0 spiro atoms. The Kier molecular flexibility index (Phi) is 6.43. The number of rotatable bonds is 5. The summed E-state index contributed by atoms with van der Waals surface area (Å²) >= 11 is 3.05. The van der Waals surface area contributed by atoms with Crippen LogP contribution in [0.25, 0.3) is 12.2 Å². The first kappa shape index (κ1) is 22.3. The molecule has 2 aliphatic heterocycles. The first-order valence-corrected chi connectivity index (χ1v) is 12.5. The van der Waals surface area contributed by atoms with E-state index in [1.807, 2.05) is 61.6 Å². The van der Waals surface area contributed by atoms with E-state index >= 15 is 0 Å². The molecule has 1 amide bonds. The summed E-state index contributed by atoms with van der Waals surface area (Å²) < 4.78 is 0. The molecule has 0 N–H and O–H groups in total. The summed E-state index contributed by atoms with van der Waals surface area (Å²) in [6.07, 6.45) is 5.90. The first-order valence-electron chi connectivity index (χ1n) is 10.9. The third-order valence-electron chi connectivity index (χ3n) is 5.49. The molecule has 168 valence electrons. The fourth-order valence-corrected chi connectivity index (χ4v) is 6.09. The second-order valence-corrected chi connectivity index (χ2v) is 9.81. The number of carbonyl (C=O) groups is 1. The lowest BCUT2D eigenvalue weighted by molar-refractivity contribution is -0.121. The molecule has 6 heteroatoms. The Morgan fingerprint density at radius 2 is 1.56 bits per heavy atom. The third kappa shape index (κ3) is 4.47. The number of para-hydroxylation sites is 1. The van der Waals surface area contributed by atoms with Crippen LogP contribution < -0.4 is 4.90 Å². The zero-order chi connectivity index (χ0) is 23.5. The van der Waals surface area contributed by atoms with Gasteiger partial charge in [-0.25, -0.2) is 4.99 Å². The van der Waals surface area contributed by atoms with E-state index in [0.29, 0.717) is 16.6 Å². The molecule has 0 aliphatic carbocycles. The van der Waals surface area contributed by atoms with Gasteiger partial charge in [-0.1, -0.05) is 84.6 Å². The first-order chi connectivity index (χ1) is 16.6. The number of hydrogen-bond donors (Lipinski definition) is 0. The Morgan fingerprint density at radius 1 is 0.882 bits per heavy atom. The normalized spacial score (nSPS) is 18.9. The summed E-state index contributed by atoms with van der Waals surface area (Å²) in [7, 11) is 2.00. The Labute approximate surface area is 208 Å². The van der Waals surface area contributed by atoms with Crippen LogP contribution in [0.2, 0.25) is 0 Å². The van der Waals surface area contributed by atoms with E-state index in [2.05, 4.69) is 47.9 Å². The highest BCUT2D eigenvalue weighted by Gasteiger charge is 2.38. The van der Waals surface area contributed by atoms with Gasteiger partial charge in [0.2, 0.25) is 0 Å². The van der Waals surface area contributed by atoms with Crippen LogP contribution in [0.1, 0.15) is 11.1 Å². The van der Waals surface area contributed by atoms with Gasteiger partial charge in [0.05, 0.1) is 16.4 Å². The summed E-state index contributed by atoms with van der Waals surface area (Å²) in [5, 5.41) is 1.61. The standard InChI is InChI=1S/C28H23N3OS2/c1-3-19-31-26(32)25(27-30(2)23-11-7-8-12-24(23)33-27)34-28(31)29-22-17-15-21(16-18-22)14-13-20-9-5-4-6-10-20/h3-18H,1,19H2,2H3. The number of fused-ring (bicyclic) bond motifs is 1. The molecule has 2 heterocycles. The van der Waals surface area contributed by atoms with Gasteiger partial charge in [0.1, 0.15) is 4.91 Å². The summed E-state index contributed by atoms with van der Waals surface area (Å²) in [6.45, 7) is 4.25. The van der Waals surface area contributed by atoms with E-state index < -0.39 is 0 Å². The second-order valence-electron chi connectivity index (χ2n) is 7.80. The van der Waals surface area contributed by atoms with Crippen LogP contribution in [0.5, 0.6) is 0 Å². The Morgan fingerprint density at radius 3 is 2.26 bits per heavy atom. The fraction of sp³-hybridized carbons (Fsp3) is 0.0714. The zero-order valence-corrected chi connectivity index (χ0v) is 20.4. The SMILES string of the molecule is C=CCN1C(=O)C(=C2Sc3ccccc3N2C)SC1=Nc1ccc(C=Cc2ccccc2)cc1. The number of hydrogen-bond acceptors (Lipinski definition) is 5. The molecule has 5 rings (SSSR count). The molecule has 1 fully saturated rings. The van der Waals surface area contributed by atoms with Crippen molar-refractivity contribution in [3.8, 4) is 0 Å². The molecule has 3 aromatic rings. The van der Waals surface area contributed by atoms with Gasteiger partial charge in [0.25, 0.3) is 5.91 Å².